The van der Waals surface area contributed by atoms with Gasteiger partial charge in [0.2, 0.25) is 0 Å². The summed E-state index contributed by atoms with van der Waals surface area (Å²) in [6.07, 6.45) is 5.98. The van der Waals surface area contributed by atoms with E-state index in [2.05, 4.69) is 0 Å². The van der Waals surface area contributed by atoms with E-state index in [1.807, 2.05) is 12.1 Å². The van der Waals surface area contributed by atoms with Crippen molar-refractivity contribution in [3.8, 4) is 23.0 Å². The van der Waals surface area contributed by atoms with Crippen LogP contribution in [-0.4, -0.2) is 36.0 Å². The maximum atomic E-state index is 12.4. The predicted molar refractivity (Wildman–Crippen MR) is 122 cm³/mol. The number of carbonyl (C=O) groups excluding carboxylic acids is 2. The number of methoxy groups -OCH3 is 2. The number of hydrogen-bond acceptors (Lipinski definition) is 6. The molecule has 2 N–H and O–H groups in total. The number of benzene rings is 3. The van der Waals surface area contributed by atoms with Gasteiger partial charge < -0.3 is 19.7 Å². The number of hydrogen-bond donors (Lipinski definition) is 2. The zero-order chi connectivity index (χ0) is 23.1. The summed E-state index contributed by atoms with van der Waals surface area (Å²) in [5.74, 6) is -0.0977. The Hall–Kier alpha value is -4.32. The van der Waals surface area contributed by atoms with E-state index in [4.69, 9.17) is 9.47 Å². The number of ketones is 2. The fourth-order valence-corrected chi connectivity index (χ4v) is 2.98. The highest BCUT2D eigenvalue weighted by Gasteiger charge is 2.10. The van der Waals surface area contributed by atoms with Gasteiger partial charge in [0.15, 0.2) is 11.6 Å². The van der Waals surface area contributed by atoms with E-state index in [1.54, 1.807) is 36.4 Å². The molecule has 0 aliphatic heterocycles. The third-order valence-corrected chi connectivity index (χ3v) is 4.71. The number of ether oxygens (including phenoxy) is 2. The Morgan fingerprint density at radius 2 is 1.12 bits per heavy atom. The first-order valence-corrected chi connectivity index (χ1v) is 9.70. The number of aromatic hydroxyl groups is 2. The van der Waals surface area contributed by atoms with E-state index in [1.165, 1.54) is 50.6 Å². The molecule has 0 spiro atoms. The fraction of sp³-hybridized carbons (Fsp3) is 0.0769. The summed E-state index contributed by atoms with van der Waals surface area (Å²) in [5.41, 5.74) is 1.83. The topological polar surface area (TPSA) is 93.1 Å². The second-order valence-electron chi connectivity index (χ2n) is 6.83. The molecule has 0 aliphatic rings. The Morgan fingerprint density at radius 1 is 0.688 bits per heavy atom. The van der Waals surface area contributed by atoms with E-state index in [9.17, 15) is 19.8 Å². The first kappa shape index (κ1) is 22.4. The molecular weight excluding hydrogens is 408 g/mol. The lowest BCUT2D eigenvalue weighted by atomic mass is 10.0. The molecule has 0 saturated heterocycles. The normalized spacial score (nSPS) is 11.1. The Balaban J connectivity index is 1.72. The average Bonchev–Trinajstić information content (AvgIpc) is 2.81. The molecule has 3 aromatic rings. The third-order valence-electron chi connectivity index (χ3n) is 4.71. The van der Waals surface area contributed by atoms with Crippen molar-refractivity contribution in [2.24, 2.45) is 0 Å². The molecule has 0 amide bonds. The molecule has 0 bridgehead atoms. The number of carbonyl (C=O) groups is 2. The van der Waals surface area contributed by atoms with Crippen LogP contribution in [0, 0.1) is 0 Å². The lowest BCUT2D eigenvalue weighted by molar-refractivity contribution is 0.103. The molecule has 0 atom stereocenters. The van der Waals surface area contributed by atoms with Crippen molar-refractivity contribution in [2.45, 2.75) is 0 Å². The van der Waals surface area contributed by atoms with Crippen molar-refractivity contribution in [3.05, 3.63) is 95.1 Å². The second-order valence-corrected chi connectivity index (χ2v) is 6.83. The lowest BCUT2D eigenvalue weighted by Gasteiger charge is -2.04. The number of phenolic OH excluding ortho intramolecular Hbond substituents is 2. The van der Waals surface area contributed by atoms with Crippen molar-refractivity contribution in [1.29, 1.82) is 0 Å². The molecule has 0 aromatic heterocycles. The quantitative estimate of drug-likeness (QED) is 0.390. The number of phenols is 2. The van der Waals surface area contributed by atoms with Crippen LogP contribution < -0.4 is 9.47 Å². The Bertz CT molecular complexity index is 1120. The van der Waals surface area contributed by atoms with E-state index in [-0.39, 0.29) is 34.2 Å². The highest BCUT2D eigenvalue weighted by atomic mass is 16.5. The van der Waals surface area contributed by atoms with Crippen LogP contribution in [0.2, 0.25) is 0 Å². The summed E-state index contributed by atoms with van der Waals surface area (Å²) >= 11 is 0. The molecular formula is C26H22O6. The van der Waals surface area contributed by atoms with Crippen molar-refractivity contribution < 1.29 is 29.3 Å². The molecule has 3 aromatic carbocycles. The SMILES string of the molecule is COc1ccc(C(=O)C=Cc2cccc(C=CC(=O)c3ccc(OC)cc3O)c2)c(O)c1. The molecule has 6 nitrogen and oxygen atoms in total. The molecule has 6 heteroatoms. The standard InChI is InChI=1S/C26H22O6/c1-31-19-8-10-21(25(29)15-19)23(27)12-6-17-4-3-5-18(14-17)7-13-24(28)22-11-9-20(32-2)16-26(22)30/h3-16,29-30H,1-2H3. The van der Waals surface area contributed by atoms with Crippen LogP contribution >= 0.6 is 0 Å². The van der Waals surface area contributed by atoms with Crippen LogP contribution in [0.25, 0.3) is 12.2 Å². The van der Waals surface area contributed by atoms with Crippen molar-refractivity contribution in [3.63, 3.8) is 0 Å². The fourth-order valence-electron chi connectivity index (χ4n) is 2.98. The van der Waals surface area contributed by atoms with Crippen LogP contribution in [0.4, 0.5) is 0 Å². The Labute approximate surface area is 185 Å². The van der Waals surface area contributed by atoms with Gasteiger partial charge in [-0.25, -0.2) is 0 Å². The second kappa shape index (κ2) is 10.1. The summed E-state index contributed by atoms with van der Waals surface area (Å²) in [6, 6.07) is 16.2. The van der Waals surface area contributed by atoms with Gasteiger partial charge in [0.1, 0.15) is 23.0 Å². The van der Waals surface area contributed by atoms with Gasteiger partial charge in [-0.15, -0.1) is 0 Å². The van der Waals surface area contributed by atoms with E-state index in [0.29, 0.717) is 11.5 Å². The predicted octanol–water partition coefficient (Wildman–Crippen LogP) is 4.91. The molecule has 32 heavy (non-hydrogen) atoms. The first-order chi connectivity index (χ1) is 15.4. The van der Waals surface area contributed by atoms with Crippen LogP contribution in [0.5, 0.6) is 23.0 Å². The highest BCUT2D eigenvalue weighted by molar-refractivity contribution is 6.09. The Morgan fingerprint density at radius 3 is 1.50 bits per heavy atom. The minimum atomic E-state index is -0.351. The Kier molecular flexibility index (Phi) is 7.08. The van der Waals surface area contributed by atoms with Gasteiger partial charge in [-0.05, 0) is 53.6 Å². The molecule has 3 rings (SSSR count). The van der Waals surface area contributed by atoms with Crippen molar-refractivity contribution >= 4 is 23.7 Å². The van der Waals surface area contributed by atoms with Crippen LogP contribution in [0.3, 0.4) is 0 Å². The largest absolute Gasteiger partial charge is 0.507 e. The summed E-state index contributed by atoms with van der Waals surface area (Å²) in [7, 11) is 2.95. The average molecular weight is 430 g/mol. The smallest absolute Gasteiger partial charge is 0.189 e. The molecule has 0 unspecified atom stereocenters. The third kappa shape index (κ3) is 5.43. The highest BCUT2D eigenvalue weighted by Crippen LogP contribution is 2.25. The number of rotatable bonds is 8. The summed E-state index contributed by atoms with van der Waals surface area (Å²) in [4.78, 5) is 24.8. The van der Waals surface area contributed by atoms with Crippen molar-refractivity contribution in [1.82, 2.24) is 0 Å². The maximum Gasteiger partial charge on any atom is 0.189 e. The van der Waals surface area contributed by atoms with Gasteiger partial charge >= 0.3 is 0 Å². The summed E-state index contributed by atoms with van der Waals surface area (Å²) in [5, 5.41) is 20.0. The first-order valence-electron chi connectivity index (χ1n) is 9.70. The van der Waals surface area contributed by atoms with Gasteiger partial charge in [0, 0.05) is 12.1 Å². The van der Waals surface area contributed by atoms with Gasteiger partial charge in [-0.2, -0.15) is 0 Å². The minimum Gasteiger partial charge on any atom is -0.507 e. The number of allylic oxidation sites excluding steroid dienone is 2. The van der Waals surface area contributed by atoms with Gasteiger partial charge in [0.25, 0.3) is 0 Å². The summed E-state index contributed by atoms with van der Waals surface area (Å²) in [6.45, 7) is 0. The molecule has 0 heterocycles. The molecule has 162 valence electrons. The lowest BCUT2D eigenvalue weighted by Crippen LogP contribution is -1.96. The monoisotopic (exact) mass is 430 g/mol. The molecule has 0 saturated carbocycles. The van der Waals surface area contributed by atoms with E-state index < -0.39 is 0 Å². The zero-order valence-corrected chi connectivity index (χ0v) is 17.6. The van der Waals surface area contributed by atoms with E-state index in [0.717, 1.165) is 11.1 Å². The van der Waals surface area contributed by atoms with Gasteiger partial charge in [-0.3, -0.25) is 9.59 Å². The van der Waals surface area contributed by atoms with Gasteiger partial charge in [0.05, 0.1) is 25.3 Å². The van der Waals surface area contributed by atoms with Crippen LogP contribution in [-0.2, 0) is 0 Å². The zero-order valence-electron chi connectivity index (χ0n) is 17.6. The van der Waals surface area contributed by atoms with Crippen LogP contribution in [0.1, 0.15) is 31.8 Å². The molecule has 0 aliphatic carbocycles. The molecule has 0 radical (unpaired) electrons. The minimum absolute atomic E-state index is 0.156. The van der Waals surface area contributed by atoms with Crippen LogP contribution in [0.15, 0.2) is 72.8 Å². The van der Waals surface area contributed by atoms with E-state index >= 15 is 0 Å². The summed E-state index contributed by atoms with van der Waals surface area (Å²) < 4.78 is 10.0. The van der Waals surface area contributed by atoms with Gasteiger partial charge in [-0.1, -0.05) is 30.4 Å². The molecule has 0 fully saturated rings. The maximum absolute atomic E-state index is 12.4. The van der Waals surface area contributed by atoms with Crippen molar-refractivity contribution in [2.75, 3.05) is 14.2 Å².